The van der Waals surface area contributed by atoms with Gasteiger partial charge in [0.2, 0.25) is 0 Å². The van der Waals surface area contributed by atoms with Crippen molar-refractivity contribution in [1.29, 1.82) is 0 Å². The first kappa shape index (κ1) is 27.6. The van der Waals surface area contributed by atoms with E-state index >= 15 is 0 Å². The average molecular weight is 515 g/mol. The number of nitrogens with one attached hydrogen (secondary N) is 2. The minimum absolute atomic E-state index is 0.0272. The van der Waals surface area contributed by atoms with E-state index in [0.717, 1.165) is 29.7 Å². The van der Waals surface area contributed by atoms with Gasteiger partial charge in [-0.15, -0.1) is 0 Å². The summed E-state index contributed by atoms with van der Waals surface area (Å²) in [5, 5.41) is 14.6. The maximum Gasteiger partial charge on any atom is 0.416 e. The Kier molecular flexibility index (Phi) is 8.86. The van der Waals surface area contributed by atoms with Crippen LogP contribution in [0.1, 0.15) is 59.8 Å². The molecule has 3 aromatic rings. The molecule has 0 saturated heterocycles. The third kappa shape index (κ3) is 7.77. The number of carbonyl (C=O) groups excluding carboxylic acids is 1. The van der Waals surface area contributed by atoms with Gasteiger partial charge in [-0.3, -0.25) is 14.6 Å². The number of hydrogen-bond donors (Lipinski definition) is 3. The molecule has 196 valence electrons. The monoisotopic (exact) mass is 514 g/mol. The van der Waals surface area contributed by atoms with Crippen molar-refractivity contribution in [2.45, 2.75) is 45.8 Å². The minimum Gasteiger partial charge on any atom is -0.481 e. The lowest BCUT2D eigenvalue weighted by Gasteiger charge is -2.22. The number of carboxylic acids is 1. The number of carboxylic acid groups (broad SMARTS) is 1. The first-order chi connectivity index (χ1) is 17.4. The highest BCUT2D eigenvalue weighted by molar-refractivity contribution is 5.94. The van der Waals surface area contributed by atoms with Crippen molar-refractivity contribution in [3.05, 3.63) is 77.1 Å². The van der Waals surface area contributed by atoms with Gasteiger partial charge in [-0.25, -0.2) is 4.98 Å². The zero-order chi connectivity index (χ0) is 27.2. The molecule has 2 aromatic heterocycles. The molecular weight excluding hydrogens is 485 g/mol. The molecule has 0 aliphatic carbocycles. The first-order valence-corrected chi connectivity index (χ1v) is 11.8. The summed E-state index contributed by atoms with van der Waals surface area (Å²) in [6.45, 7) is 6.07. The first-order valence-electron chi connectivity index (χ1n) is 11.8. The second kappa shape index (κ2) is 11.9. The van der Waals surface area contributed by atoms with Crippen LogP contribution in [0.3, 0.4) is 0 Å². The molecular formula is C27H29F3N4O3. The van der Waals surface area contributed by atoms with Crippen LogP contribution >= 0.6 is 0 Å². The summed E-state index contributed by atoms with van der Waals surface area (Å²) in [7, 11) is 0. The van der Waals surface area contributed by atoms with Gasteiger partial charge in [0.15, 0.2) is 0 Å². The number of halogens is 3. The van der Waals surface area contributed by atoms with Crippen molar-refractivity contribution >= 4 is 17.7 Å². The molecule has 0 radical (unpaired) electrons. The van der Waals surface area contributed by atoms with Gasteiger partial charge in [0.25, 0.3) is 5.91 Å². The molecule has 37 heavy (non-hydrogen) atoms. The maximum absolute atomic E-state index is 12.9. The van der Waals surface area contributed by atoms with Crippen LogP contribution in [-0.2, 0) is 11.0 Å². The van der Waals surface area contributed by atoms with Crippen LogP contribution in [-0.4, -0.2) is 33.5 Å². The van der Waals surface area contributed by atoms with Crippen LogP contribution in [0.15, 0.2) is 54.9 Å². The number of aliphatic carboxylic acids is 1. The van der Waals surface area contributed by atoms with Crippen LogP contribution in [0, 0.1) is 12.8 Å². The predicted molar refractivity (Wildman–Crippen MR) is 134 cm³/mol. The van der Waals surface area contributed by atoms with E-state index in [1.54, 1.807) is 18.3 Å². The Morgan fingerprint density at radius 1 is 1.03 bits per heavy atom. The number of carbonyl (C=O) groups is 2. The number of pyridine rings is 2. The second-order valence-electron chi connectivity index (χ2n) is 9.17. The van der Waals surface area contributed by atoms with E-state index in [-0.39, 0.29) is 19.0 Å². The zero-order valence-corrected chi connectivity index (χ0v) is 20.8. The number of aryl methyl sites for hydroxylation is 1. The third-order valence-corrected chi connectivity index (χ3v) is 5.67. The van der Waals surface area contributed by atoms with E-state index in [4.69, 9.17) is 5.11 Å². The zero-order valence-electron chi connectivity index (χ0n) is 20.8. The molecule has 3 N–H and O–H groups in total. The van der Waals surface area contributed by atoms with Crippen molar-refractivity contribution < 1.29 is 27.9 Å². The van der Waals surface area contributed by atoms with Crippen LogP contribution in [0.5, 0.6) is 0 Å². The number of alkyl halides is 3. The molecule has 7 nitrogen and oxygen atoms in total. The van der Waals surface area contributed by atoms with Gasteiger partial charge in [-0.1, -0.05) is 32.0 Å². The summed E-state index contributed by atoms with van der Waals surface area (Å²) in [5.41, 5.74) is 2.55. The lowest BCUT2D eigenvalue weighted by Crippen LogP contribution is -2.26. The molecule has 1 amide bonds. The Bertz CT molecular complexity index is 1230. The Labute approximate surface area is 213 Å². The number of rotatable bonds is 10. The lowest BCUT2D eigenvalue weighted by molar-refractivity contribution is -0.138. The summed E-state index contributed by atoms with van der Waals surface area (Å²) < 4.78 is 38.7. The predicted octanol–water partition coefficient (Wildman–Crippen LogP) is 5.87. The van der Waals surface area contributed by atoms with Crippen LogP contribution in [0.2, 0.25) is 0 Å². The van der Waals surface area contributed by atoms with Crippen molar-refractivity contribution in [2.75, 3.05) is 11.9 Å². The Morgan fingerprint density at radius 2 is 1.73 bits per heavy atom. The van der Waals surface area contributed by atoms with Gasteiger partial charge in [0, 0.05) is 24.5 Å². The fourth-order valence-corrected chi connectivity index (χ4v) is 3.83. The van der Waals surface area contributed by atoms with E-state index in [1.807, 2.05) is 13.0 Å². The fraction of sp³-hybridized carbons (Fsp3) is 0.333. The number of amides is 1. The number of hydrogen-bond acceptors (Lipinski definition) is 5. The standard InChI is InChI=1S/C27H29F3N4O3/c1-16(2)12-22(34-23-9-6-19(14-32-23)26(37)31-11-10-24(35)36)20-13-17(3)25(33-15-20)18-4-7-21(8-5-18)27(28,29)30/h4-9,13-16,22H,10-12H2,1-3H3,(H,31,37)(H,32,34)(H,35,36). The molecule has 1 aromatic carbocycles. The normalized spacial score (nSPS) is 12.3. The number of nitrogens with zero attached hydrogens (tertiary/aromatic N) is 2. The molecule has 2 heterocycles. The number of aromatic nitrogens is 2. The van der Waals surface area contributed by atoms with E-state index in [0.29, 0.717) is 28.6 Å². The molecule has 10 heteroatoms. The van der Waals surface area contributed by atoms with Crippen LogP contribution in [0.25, 0.3) is 11.3 Å². The van der Waals surface area contributed by atoms with Gasteiger partial charge in [0.05, 0.1) is 29.3 Å². The smallest absolute Gasteiger partial charge is 0.416 e. The van der Waals surface area contributed by atoms with E-state index < -0.39 is 23.6 Å². The highest BCUT2D eigenvalue weighted by Gasteiger charge is 2.30. The molecule has 0 spiro atoms. The SMILES string of the molecule is Cc1cc(C(CC(C)C)Nc2ccc(C(=O)NCCC(=O)O)cn2)cnc1-c1ccc(C(F)(F)F)cc1. The third-order valence-electron chi connectivity index (χ3n) is 5.67. The molecule has 1 unspecified atom stereocenters. The van der Waals surface area contributed by atoms with Gasteiger partial charge in [0.1, 0.15) is 5.82 Å². The number of anilines is 1. The minimum atomic E-state index is -4.39. The molecule has 0 saturated carbocycles. The highest BCUT2D eigenvalue weighted by atomic mass is 19.4. The highest BCUT2D eigenvalue weighted by Crippen LogP contribution is 2.32. The Hall–Kier alpha value is -3.95. The molecule has 0 fully saturated rings. The fourth-order valence-electron chi connectivity index (χ4n) is 3.83. The van der Waals surface area contributed by atoms with Crippen molar-refractivity contribution in [1.82, 2.24) is 15.3 Å². The summed E-state index contributed by atoms with van der Waals surface area (Å²) in [6, 6.07) is 10.0. The van der Waals surface area contributed by atoms with Crippen molar-refractivity contribution in [3.8, 4) is 11.3 Å². The Morgan fingerprint density at radius 3 is 2.27 bits per heavy atom. The van der Waals surface area contributed by atoms with Gasteiger partial charge >= 0.3 is 12.1 Å². The Balaban J connectivity index is 1.76. The van der Waals surface area contributed by atoms with Gasteiger partial charge in [-0.2, -0.15) is 13.2 Å². The van der Waals surface area contributed by atoms with Crippen molar-refractivity contribution in [2.24, 2.45) is 5.92 Å². The van der Waals surface area contributed by atoms with E-state index in [9.17, 15) is 22.8 Å². The summed E-state index contributed by atoms with van der Waals surface area (Å²) >= 11 is 0. The lowest BCUT2D eigenvalue weighted by atomic mass is 9.95. The maximum atomic E-state index is 12.9. The molecule has 0 aliphatic heterocycles. The summed E-state index contributed by atoms with van der Waals surface area (Å²) in [4.78, 5) is 31.6. The van der Waals surface area contributed by atoms with E-state index in [1.165, 1.54) is 18.3 Å². The quantitative estimate of drug-likeness (QED) is 0.312. The summed E-state index contributed by atoms with van der Waals surface area (Å²) in [6.07, 6.45) is -0.663. The van der Waals surface area contributed by atoms with Gasteiger partial charge < -0.3 is 15.7 Å². The average Bonchev–Trinajstić information content (AvgIpc) is 2.83. The van der Waals surface area contributed by atoms with Gasteiger partial charge in [-0.05, 0) is 54.7 Å². The summed E-state index contributed by atoms with van der Waals surface area (Å²) in [5.74, 6) is -0.507. The molecule has 0 aliphatic rings. The van der Waals surface area contributed by atoms with Crippen molar-refractivity contribution in [3.63, 3.8) is 0 Å². The second-order valence-corrected chi connectivity index (χ2v) is 9.17. The largest absolute Gasteiger partial charge is 0.481 e. The molecule has 0 bridgehead atoms. The van der Waals surface area contributed by atoms with Crippen LogP contribution in [0.4, 0.5) is 19.0 Å². The number of benzene rings is 1. The topological polar surface area (TPSA) is 104 Å². The molecule has 1 atom stereocenters. The van der Waals surface area contributed by atoms with E-state index in [2.05, 4.69) is 34.4 Å². The molecule has 3 rings (SSSR count). The van der Waals surface area contributed by atoms with Crippen LogP contribution < -0.4 is 10.6 Å².